The Bertz CT molecular complexity index is 70.5. The fraction of sp³-hybridized carbons (Fsp3) is 1.00. The van der Waals surface area contributed by atoms with Crippen LogP contribution >= 0.6 is 39.5 Å². The molecule has 0 nitrogen and oxygen atoms in total. The highest BCUT2D eigenvalue weighted by atomic mass is 79.9. The Labute approximate surface area is 88.4 Å². The van der Waals surface area contributed by atoms with Crippen LogP contribution < -0.4 is 0 Å². The number of rotatable bonds is 1. The minimum absolute atomic E-state index is 0. The van der Waals surface area contributed by atoms with Crippen LogP contribution in [0.25, 0.3) is 0 Å². The summed E-state index contributed by atoms with van der Waals surface area (Å²) in [4.78, 5) is 0. The summed E-state index contributed by atoms with van der Waals surface area (Å²) < 4.78 is 0.826. The Morgan fingerprint density at radius 2 is 1.55 bits per heavy atom. The van der Waals surface area contributed by atoms with E-state index in [-0.39, 0.29) is 14.9 Å². The molecular weight excluding hydrogens is 240 g/mol. The lowest BCUT2D eigenvalue weighted by molar-refractivity contribution is 0.912. The zero-order valence-corrected chi connectivity index (χ0v) is 8.53. The summed E-state index contributed by atoms with van der Waals surface area (Å²) in [5, 5.41) is 1.16. The zero-order valence-electron chi connectivity index (χ0n) is 5.31. The first-order valence-corrected chi connectivity index (χ1v) is 6.44. The molecule has 0 amide bonds. The molecule has 70 valence electrons. The summed E-state index contributed by atoms with van der Waals surface area (Å²) in [5.41, 5.74) is 0. The largest absolute Gasteiger partial charge is 0.147 e. The molecule has 1 aliphatic heterocycles. The molecule has 1 fully saturated rings. The number of thioether (sulfide) groups is 2. The van der Waals surface area contributed by atoms with Crippen LogP contribution in [-0.4, -0.2) is 21.4 Å². The van der Waals surface area contributed by atoms with Crippen LogP contribution in [0.5, 0.6) is 0 Å². The summed E-state index contributed by atoms with van der Waals surface area (Å²) in [6, 6.07) is 0. The molecule has 1 aliphatic rings. The second kappa shape index (κ2) is 9.27. The van der Waals surface area contributed by atoms with Crippen LogP contribution in [0.4, 0.5) is 0 Å². The van der Waals surface area contributed by atoms with E-state index in [0.29, 0.717) is 0 Å². The monoisotopic (exact) mass is 258 g/mol. The van der Waals surface area contributed by atoms with Crippen molar-refractivity contribution in [3.63, 3.8) is 0 Å². The Balaban J connectivity index is 0. The van der Waals surface area contributed by atoms with Crippen molar-refractivity contribution >= 4 is 39.5 Å². The van der Waals surface area contributed by atoms with Crippen molar-refractivity contribution in [2.75, 3.05) is 16.8 Å². The molecule has 0 spiro atoms. The number of halogens is 1. The molecule has 0 unspecified atom stereocenters. The number of hydrogen-bond acceptors (Lipinski definition) is 2. The Morgan fingerprint density at radius 3 is 1.91 bits per heavy atom. The smallest absolute Gasteiger partial charge is 0.0599 e. The van der Waals surface area contributed by atoms with E-state index in [0.717, 1.165) is 9.91 Å². The van der Waals surface area contributed by atoms with Crippen molar-refractivity contribution in [3.05, 3.63) is 0 Å². The summed E-state index contributed by atoms with van der Waals surface area (Å²) in [6.07, 6.45) is 2.84. The van der Waals surface area contributed by atoms with Crippen LogP contribution in [0, 0.1) is 0 Å². The van der Waals surface area contributed by atoms with Crippen LogP contribution in [0.15, 0.2) is 0 Å². The van der Waals surface area contributed by atoms with Gasteiger partial charge in [-0.2, -0.15) is 0 Å². The van der Waals surface area contributed by atoms with Crippen LogP contribution in [0.1, 0.15) is 27.7 Å². The molecule has 3 heteroatoms. The maximum Gasteiger partial charge on any atom is 0.0599 e. The Hall–Kier alpha value is 1.18. The van der Waals surface area contributed by atoms with E-state index < -0.39 is 0 Å². The first-order chi connectivity index (χ1) is 4.43. The van der Waals surface area contributed by atoms with E-state index in [2.05, 4.69) is 39.5 Å². The first-order valence-electron chi connectivity index (χ1n) is 3.22. The Kier molecular flexibility index (Phi) is 12.4. The normalized spacial score (nSPS) is 19.4. The topological polar surface area (TPSA) is 0 Å². The van der Waals surface area contributed by atoms with Crippen molar-refractivity contribution < 1.29 is 0 Å². The van der Waals surface area contributed by atoms with E-state index in [4.69, 9.17) is 0 Å². The van der Waals surface area contributed by atoms with Gasteiger partial charge in [0.25, 0.3) is 0 Å². The van der Waals surface area contributed by atoms with Gasteiger partial charge in [0.05, 0.1) is 4.58 Å². The molecule has 0 aliphatic carbocycles. The lowest BCUT2D eigenvalue weighted by atomic mass is 10.4. The van der Waals surface area contributed by atoms with Crippen molar-refractivity contribution in [1.29, 1.82) is 0 Å². The molecule has 0 aromatic heterocycles. The van der Waals surface area contributed by atoms with Gasteiger partial charge in [0.15, 0.2) is 0 Å². The molecule has 0 saturated carbocycles. The van der Waals surface area contributed by atoms with Gasteiger partial charge in [0.2, 0.25) is 0 Å². The molecule has 1 heterocycles. The van der Waals surface area contributed by atoms with E-state index in [9.17, 15) is 0 Å². The molecule has 11 heavy (non-hydrogen) atoms. The van der Waals surface area contributed by atoms with Crippen molar-refractivity contribution in [1.82, 2.24) is 0 Å². The lowest BCUT2D eigenvalue weighted by Crippen LogP contribution is -1.96. The standard InChI is InChI=1S/C6H11BrS2.2CH4/c7-5-6-8-3-1-2-4-9-6;;/h6H,1-5H2;2*1H4. The summed E-state index contributed by atoms with van der Waals surface area (Å²) in [5.74, 6) is 2.73. The molecule has 0 radical (unpaired) electrons. The maximum atomic E-state index is 3.50. The van der Waals surface area contributed by atoms with Gasteiger partial charge in [-0.3, -0.25) is 0 Å². The van der Waals surface area contributed by atoms with Crippen LogP contribution in [-0.2, 0) is 0 Å². The summed E-state index contributed by atoms with van der Waals surface area (Å²) >= 11 is 7.70. The van der Waals surface area contributed by atoms with Gasteiger partial charge in [-0.25, -0.2) is 0 Å². The third-order valence-corrected chi connectivity index (χ3v) is 5.72. The average Bonchev–Trinajstić information content (AvgIpc) is 2.13. The van der Waals surface area contributed by atoms with Crippen molar-refractivity contribution in [2.45, 2.75) is 32.3 Å². The van der Waals surface area contributed by atoms with Gasteiger partial charge >= 0.3 is 0 Å². The highest BCUT2D eigenvalue weighted by molar-refractivity contribution is 9.09. The van der Waals surface area contributed by atoms with Crippen LogP contribution in [0.2, 0.25) is 0 Å². The SMILES string of the molecule is BrCC1SCCCCS1.C.C. The highest BCUT2D eigenvalue weighted by Gasteiger charge is 2.10. The molecule has 1 rings (SSSR count). The van der Waals surface area contributed by atoms with Crippen molar-refractivity contribution in [2.24, 2.45) is 0 Å². The van der Waals surface area contributed by atoms with E-state index in [1.807, 2.05) is 0 Å². The van der Waals surface area contributed by atoms with E-state index in [1.165, 1.54) is 24.3 Å². The third-order valence-electron chi connectivity index (χ3n) is 1.27. The number of alkyl halides is 1. The van der Waals surface area contributed by atoms with E-state index >= 15 is 0 Å². The fourth-order valence-corrected chi connectivity index (χ4v) is 4.30. The first kappa shape index (κ1) is 14.7. The summed E-state index contributed by atoms with van der Waals surface area (Å²) in [6.45, 7) is 0. The minimum Gasteiger partial charge on any atom is -0.147 e. The quantitative estimate of drug-likeness (QED) is 0.646. The third kappa shape index (κ3) is 6.35. The average molecular weight is 259 g/mol. The van der Waals surface area contributed by atoms with Gasteiger partial charge in [0.1, 0.15) is 0 Å². The second-order valence-electron chi connectivity index (χ2n) is 2.03. The zero-order chi connectivity index (χ0) is 6.53. The molecular formula is C8H19BrS2. The lowest BCUT2D eigenvalue weighted by Gasteiger charge is -2.06. The van der Waals surface area contributed by atoms with Gasteiger partial charge in [-0.05, 0) is 24.3 Å². The second-order valence-corrected chi connectivity index (χ2v) is 5.60. The molecule has 0 aromatic rings. The predicted octanol–water partition coefficient (Wildman–Crippen LogP) is 4.24. The molecule has 0 atom stereocenters. The predicted molar refractivity (Wildman–Crippen MR) is 65.2 cm³/mol. The molecule has 0 N–H and O–H groups in total. The van der Waals surface area contributed by atoms with Gasteiger partial charge in [-0.15, -0.1) is 23.5 Å². The maximum absolute atomic E-state index is 3.50. The fourth-order valence-electron chi connectivity index (χ4n) is 0.771. The van der Waals surface area contributed by atoms with E-state index in [1.54, 1.807) is 0 Å². The van der Waals surface area contributed by atoms with Gasteiger partial charge in [-0.1, -0.05) is 30.8 Å². The summed E-state index contributed by atoms with van der Waals surface area (Å²) in [7, 11) is 0. The molecule has 0 bridgehead atoms. The highest BCUT2D eigenvalue weighted by Crippen LogP contribution is 2.30. The number of hydrogen-bond donors (Lipinski definition) is 0. The van der Waals surface area contributed by atoms with Gasteiger partial charge < -0.3 is 0 Å². The minimum atomic E-state index is 0. The van der Waals surface area contributed by atoms with Crippen molar-refractivity contribution in [3.8, 4) is 0 Å². The molecule has 0 aromatic carbocycles. The molecule has 1 saturated heterocycles. The Morgan fingerprint density at radius 1 is 1.09 bits per heavy atom. The van der Waals surface area contributed by atoms with Gasteiger partial charge in [0, 0.05) is 5.33 Å². The van der Waals surface area contributed by atoms with Crippen LogP contribution in [0.3, 0.4) is 0 Å².